The van der Waals surface area contributed by atoms with E-state index >= 15 is 0 Å². The summed E-state index contributed by atoms with van der Waals surface area (Å²) < 4.78 is 18.2. The highest BCUT2D eigenvalue weighted by Crippen LogP contribution is 2.30. The number of anilines is 1. The molecule has 4 aromatic rings. The Morgan fingerprint density at radius 2 is 1.97 bits per heavy atom. The topological polar surface area (TPSA) is 87.2 Å². The number of rotatable bonds is 8. The van der Waals surface area contributed by atoms with Crippen molar-refractivity contribution in [3.63, 3.8) is 0 Å². The van der Waals surface area contributed by atoms with Crippen LogP contribution in [0, 0.1) is 0 Å². The minimum atomic E-state index is 0.528. The maximum Gasteiger partial charge on any atom is 0.223 e. The van der Waals surface area contributed by atoms with Gasteiger partial charge in [-0.05, 0) is 36.2 Å². The summed E-state index contributed by atoms with van der Waals surface area (Å²) in [6, 6.07) is 9.61. The van der Waals surface area contributed by atoms with Gasteiger partial charge in [-0.1, -0.05) is 6.07 Å². The third-order valence-electron chi connectivity index (χ3n) is 4.75. The number of aromatic nitrogens is 4. The molecule has 0 fully saturated rings. The Hall–Kier alpha value is -3.81. The first-order chi connectivity index (χ1) is 14.7. The molecule has 0 saturated heterocycles. The monoisotopic (exact) mass is 405 g/mol. The van der Waals surface area contributed by atoms with Crippen LogP contribution in [0.25, 0.3) is 22.8 Å². The van der Waals surface area contributed by atoms with E-state index in [1.165, 1.54) is 0 Å². The lowest BCUT2D eigenvalue weighted by Crippen LogP contribution is -2.09. The van der Waals surface area contributed by atoms with E-state index in [9.17, 15) is 0 Å². The number of ether oxygens (including phenoxy) is 2. The minimum absolute atomic E-state index is 0.528. The SMILES string of the molecule is COc1ccc(CCNc2ncc(-c3nccn3C)c(-c3ccco3)n2)cc1OC. The van der Waals surface area contributed by atoms with E-state index in [1.807, 2.05) is 48.1 Å². The van der Waals surface area contributed by atoms with Crippen molar-refractivity contribution >= 4 is 5.95 Å². The number of nitrogens with one attached hydrogen (secondary N) is 1. The number of methoxy groups -OCH3 is 2. The molecule has 0 atom stereocenters. The van der Waals surface area contributed by atoms with Crippen molar-refractivity contribution in [2.24, 2.45) is 7.05 Å². The van der Waals surface area contributed by atoms with Gasteiger partial charge in [0.15, 0.2) is 17.3 Å². The van der Waals surface area contributed by atoms with E-state index in [-0.39, 0.29) is 0 Å². The quantitative estimate of drug-likeness (QED) is 0.477. The Kier molecular flexibility index (Phi) is 5.65. The number of benzene rings is 1. The summed E-state index contributed by atoms with van der Waals surface area (Å²) in [5, 5.41) is 3.29. The Morgan fingerprint density at radius 1 is 1.10 bits per heavy atom. The predicted octanol–water partition coefficient (Wildman–Crippen LogP) is 3.81. The molecule has 0 amide bonds. The fraction of sp³-hybridized carbons (Fsp3) is 0.227. The summed E-state index contributed by atoms with van der Waals surface area (Å²) in [5.41, 5.74) is 2.62. The van der Waals surface area contributed by atoms with Gasteiger partial charge in [0.2, 0.25) is 5.95 Å². The maximum absolute atomic E-state index is 5.59. The second kappa shape index (κ2) is 8.69. The fourth-order valence-corrected chi connectivity index (χ4v) is 3.21. The Bertz CT molecular complexity index is 1120. The lowest BCUT2D eigenvalue weighted by molar-refractivity contribution is 0.354. The van der Waals surface area contributed by atoms with Crippen LogP contribution in [0.2, 0.25) is 0 Å². The molecule has 3 heterocycles. The zero-order valence-corrected chi connectivity index (χ0v) is 17.1. The number of imidazole rings is 1. The second-order valence-electron chi connectivity index (χ2n) is 6.66. The molecule has 0 unspecified atom stereocenters. The second-order valence-corrected chi connectivity index (χ2v) is 6.66. The molecule has 8 nitrogen and oxygen atoms in total. The number of hydrogen-bond donors (Lipinski definition) is 1. The third kappa shape index (κ3) is 3.98. The number of aryl methyl sites for hydroxylation is 1. The zero-order valence-electron chi connectivity index (χ0n) is 17.1. The van der Waals surface area contributed by atoms with Crippen LogP contribution in [-0.2, 0) is 13.5 Å². The van der Waals surface area contributed by atoms with E-state index in [2.05, 4.69) is 15.3 Å². The summed E-state index contributed by atoms with van der Waals surface area (Å²) in [7, 11) is 5.19. The van der Waals surface area contributed by atoms with Gasteiger partial charge < -0.3 is 23.8 Å². The number of furan rings is 1. The van der Waals surface area contributed by atoms with Crippen molar-refractivity contribution in [2.45, 2.75) is 6.42 Å². The molecule has 0 radical (unpaired) electrons. The summed E-state index contributed by atoms with van der Waals surface area (Å²) in [5.74, 6) is 3.40. The van der Waals surface area contributed by atoms with Crippen LogP contribution in [0.4, 0.5) is 5.95 Å². The molecule has 0 spiro atoms. The first-order valence-electron chi connectivity index (χ1n) is 9.53. The van der Waals surface area contributed by atoms with Crippen LogP contribution < -0.4 is 14.8 Å². The maximum atomic E-state index is 5.59. The fourth-order valence-electron chi connectivity index (χ4n) is 3.21. The number of hydrogen-bond acceptors (Lipinski definition) is 7. The average molecular weight is 405 g/mol. The number of nitrogens with zero attached hydrogens (tertiary/aromatic N) is 4. The van der Waals surface area contributed by atoms with Crippen molar-refractivity contribution < 1.29 is 13.9 Å². The van der Waals surface area contributed by atoms with Crippen LogP contribution in [-0.4, -0.2) is 40.3 Å². The first-order valence-corrected chi connectivity index (χ1v) is 9.53. The van der Waals surface area contributed by atoms with E-state index in [1.54, 1.807) is 32.9 Å². The lowest BCUT2D eigenvalue weighted by atomic mass is 10.1. The van der Waals surface area contributed by atoms with Crippen LogP contribution in [0.5, 0.6) is 11.5 Å². The molecule has 0 bridgehead atoms. The smallest absolute Gasteiger partial charge is 0.223 e. The third-order valence-corrected chi connectivity index (χ3v) is 4.75. The highest BCUT2D eigenvalue weighted by atomic mass is 16.5. The highest BCUT2D eigenvalue weighted by Gasteiger charge is 2.16. The molecule has 30 heavy (non-hydrogen) atoms. The van der Waals surface area contributed by atoms with Crippen molar-refractivity contribution in [1.29, 1.82) is 0 Å². The van der Waals surface area contributed by atoms with Gasteiger partial charge in [0.25, 0.3) is 0 Å². The Labute approximate surface area is 174 Å². The molecule has 0 aliphatic carbocycles. The molecule has 1 N–H and O–H groups in total. The van der Waals surface area contributed by atoms with Gasteiger partial charge in [-0.3, -0.25) is 0 Å². The van der Waals surface area contributed by atoms with E-state index in [4.69, 9.17) is 18.9 Å². The van der Waals surface area contributed by atoms with Crippen molar-refractivity contribution in [3.8, 4) is 34.3 Å². The Balaban J connectivity index is 1.53. The van der Waals surface area contributed by atoms with Crippen LogP contribution in [0.1, 0.15) is 5.56 Å². The van der Waals surface area contributed by atoms with Gasteiger partial charge in [-0.15, -0.1) is 0 Å². The van der Waals surface area contributed by atoms with E-state index in [0.29, 0.717) is 35.4 Å². The molecule has 0 aliphatic rings. The molecule has 0 aliphatic heterocycles. The lowest BCUT2D eigenvalue weighted by Gasteiger charge is -2.11. The molecule has 154 valence electrons. The summed E-state index contributed by atoms with van der Waals surface area (Å²) in [6.07, 6.45) is 7.81. The van der Waals surface area contributed by atoms with Gasteiger partial charge in [0.05, 0.1) is 26.0 Å². The van der Waals surface area contributed by atoms with Crippen molar-refractivity contribution in [3.05, 3.63) is 60.7 Å². The van der Waals surface area contributed by atoms with E-state index < -0.39 is 0 Å². The largest absolute Gasteiger partial charge is 0.493 e. The highest BCUT2D eigenvalue weighted by molar-refractivity contribution is 5.75. The van der Waals surface area contributed by atoms with Gasteiger partial charge in [0.1, 0.15) is 11.5 Å². The van der Waals surface area contributed by atoms with Gasteiger partial charge in [-0.25, -0.2) is 15.0 Å². The van der Waals surface area contributed by atoms with Gasteiger partial charge in [-0.2, -0.15) is 0 Å². The van der Waals surface area contributed by atoms with Crippen LogP contribution >= 0.6 is 0 Å². The van der Waals surface area contributed by atoms with Gasteiger partial charge >= 0.3 is 0 Å². The molecular formula is C22H23N5O3. The molecule has 4 rings (SSSR count). The molecule has 8 heteroatoms. The standard InChI is InChI=1S/C22H23N5O3/c1-27-11-10-23-21(27)16-14-25-22(26-20(16)18-5-4-12-30-18)24-9-8-15-6-7-17(28-2)19(13-15)29-3/h4-7,10-14H,8-9H2,1-3H3,(H,24,25,26). The summed E-state index contributed by atoms with van der Waals surface area (Å²) in [4.78, 5) is 13.6. The summed E-state index contributed by atoms with van der Waals surface area (Å²) in [6.45, 7) is 0.662. The van der Waals surface area contributed by atoms with Crippen molar-refractivity contribution in [1.82, 2.24) is 19.5 Å². The van der Waals surface area contributed by atoms with Crippen LogP contribution in [0.3, 0.4) is 0 Å². The first kappa shape index (κ1) is 19.5. The minimum Gasteiger partial charge on any atom is -0.493 e. The van der Waals surface area contributed by atoms with E-state index in [0.717, 1.165) is 23.4 Å². The van der Waals surface area contributed by atoms with Gasteiger partial charge in [0, 0.05) is 32.2 Å². The summed E-state index contributed by atoms with van der Waals surface area (Å²) >= 11 is 0. The molecule has 0 saturated carbocycles. The Morgan fingerprint density at radius 3 is 2.67 bits per heavy atom. The predicted molar refractivity (Wildman–Crippen MR) is 114 cm³/mol. The normalized spacial score (nSPS) is 10.8. The van der Waals surface area contributed by atoms with Crippen molar-refractivity contribution in [2.75, 3.05) is 26.1 Å². The zero-order chi connectivity index (χ0) is 20.9. The molecular weight excluding hydrogens is 382 g/mol. The van der Waals surface area contributed by atoms with Crippen LogP contribution in [0.15, 0.2) is 59.6 Å². The molecule has 3 aromatic heterocycles. The molecule has 1 aromatic carbocycles. The average Bonchev–Trinajstić information content (AvgIpc) is 3.45.